The summed E-state index contributed by atoms with van der Waals surface area (Å²) >= 11 is 0. The molecule has 0 bridgehead atoms. The van der Waals surface area contributed by atoms with Crippen molar-refractivity contribution < 1.29 is 27.8 Å². The van der Waals surface area contributed by atoms with E-state index >= 15 is 0 Å². The molecule has 2 rings (SSSR count). The van der Waals surface area contributed by atoms with Crippen molar-refractivity contribution in [3.63, 3.8) is 0 Å². The third-order valence-electron chi connectivity index (χ3n) is 4.62. The molecular formula is C19H31F3N6O3. The first kappa shape index (κ1) is 24.8. The maximum Gasteiger partial charge on any atom is 0.424 e. The first-order valence-electron chi connectivity index (χ1n) is 10.1. The van der Waals surface area contributed by atoms with Crippen LogP contribution in [0.2, 0.25) is 0 Å². The highest BCUT2D eigenvalue weighted by atomic mass is 19.4. The van der Waals surface area contributed by atoms with Crippen molar-refractivity contribution in [1.29, 1.82) is 0 Å². The van der Waals surface area contributed by atoms with Crippen LogP contribution in [0.25, 0.3) is 0 Å². The van der Waals surface area contributed by atoms with Crippen LogP contribution in [0.1, 0.15) is 39.9 Å². The molecule has 0 saturated carbocycles. The number of hydrogen-bond donors (Lipinski definition) is 3. The number of carbonyl (C=O) groups excluding carboxylic acids is 1. The van der Waals surface area contributed by atoms with Gasteiger partial charge in [0.25, 0.3) is 0 Å². The van der Waals surface area contributed by atoms with Crippen LogP contribution in [0.3, 0.4) is 0 Å². The highest BCUT2D eigenvalue weighted by Gasteiger charge is 2.57. The molecule has 176 valence electrons. The number of nitrogens with zero attached hydrogens (tertiary/aromatic N) is 4. The quantitative estimate of drug-likeness (QED) is 0.452. The summed E-state index contributed by atoms with van der Waals surface area (Å²) in [5.41, 5.74) is -3.70. The fraction of sp³-hybridized carbons (Fsp3) is 0.737. The van der Waals surface area contributed by atoms with E-state index in [9.17, 15) is 23.1 Å². The number of guanidine groups is 1. The average Bonchev–Trinajstić information content (AvgIpc) is 3.01. The highest BCUT2D eigenvalue weighted by molar-refractivity contribution is 5.80. The molecule has 0 aromatic carbocycles. The molecule has 1 aliphatic heterocycles. The van der Waals surface area contributed by atoms with E-state index in [0.29, 0.717) is 25.6 Å². The lowest BCUT2D eigenvalue weighted by molar-refractivity contribution is -0.272. The molecule has 31 heavy (non-hydrogen) atoms. The van der Waals surface area contributed by atoms with Gasteiger partial charge in [-0.2, -0.15) is 13.2 Å². The minimum absolute atomic E-state index is 0.110. The molecule has 1 aromatic heterocycles. The van der Waals surface area contributed by atoms with Gasteiger partial charge in [-0.05, 0) is 27.7 Å². The number of carbonyl (C=O) groups is 1. The zero-order valence-corrected chi connectivity index (χ0v) is 18.5. The second-order valence-corrected chi connectivity index (χ2v) is 8.46. The zero-order chi connectivity index (χ0) is 23.4. The molecule has 0 aliphatic carbocycles. The molecule has 0 spiro atoms. The smallest absolute Gasteiger partial charge is 0.424 e. The summed E-state index contributed by atoms with van der Waals surface area (Å²) in [5.74, 6) is -0.180. The Balaban J connectivity index is 1.97. The largest absolute Gasteiger partial charge is 0.444 e. The lowest BCUT2D eigenvalue weighted by Crippen LogP contribution is -2.63. The summed E-state index contributed by atoms with van der Waals surface area (Å²) in [4.78, 5) is 21.4. The number of hydrogen-bond acceptors (Lipinski definition) is 5. The van der Waals surface area contributed by atoms with E-state index in [1.54, 1.807) is 20.8 Å². The number of alkyl halides is 3. The lowest BCUT2D eigenvalue weighted by atomic mass is 9.98. The van der Waals surface area contributed by atoms with Gasteiger partial charge in [0.05, 0.1) is 6.04 Å². The Morgan fingerprint density at radius 1 is 1.35 bits per heavy atom. The van der Waals surface area contributed by atoms with Gasteiger partial charge in [0.2, 0.25) is 5.60 Å². The summed E-state index contributed by atoms with van der Waals surface area (Å²) in [7, 11) is 1.39. The molecule has 1 atom stereocenters. The molecule has 1 fully saturated rings. The number of rotatable bonds is 6. The Labute approximate surface area is 179 Å². The van der Waals surface area contributed by atoms with E-state index in [0.717, 1.165) is 4.57 Å². The minimum atomic E-state index is -4.91. The van der Waals surface area contributed by atoms with Gasteiger partial charge in [-0.3, -0.25) is 4.99 Å². The molecule has 1 amide bonds. The van der Waals surface area contributed by atoms with Gasteiger partial charge in [-0.1, -0.05) is 0 Å². The second-order valence-electron chi connectivity index (χ2n) is 8.46. The monoisotopic (exact) mass is 448 g/mol. The number of aliphatic hydroxyl groups is 1. The summed E-state index contributed by atoms with van der Waals surface area (Å²) < 4.78 is 47.2. The number of likely N-dealkylation sites (tertiary alicyclic amines) is 1. The Hall–Kier alpha value is -2.50. The normalized spacial score (nSPS) is 17.7. The predicted molar refractivity (Wildman–Crippen MR) is 108 cm³/mol. The number of amides is 1. The van der Waals surface area contributed by atoms with Gasteiger partial charge >= 0.3 is 12.3 Å². The van der Waals surface area contributed by atoms with Crippen molar-refractivity contribution in [2.45, 2.75) is 57.5 Å². The van der Waals surface area contributed by atoms with Crippen LogP contribution in [0, 0.1) is 0 Å². The summed E-state index contributed by atoms with van der Waals surface area (Å²) in [6.45, 7) is 8.15. The van der Waals surface area contributed by atoms with Crippen LogP contribution in [-0.4, -0.2) is 75.6 Å². The summed E-state index contributed by atoms with van der Waals surface area (Å²) in [6, 6.07) is -0.110. The summed E-state index contributed by atoms with van der Waals surface area (Å²) in [5, 5.41) is 16.4. The Bertz CT molecular complexity index is 784. The standard InChI is InChI=1S/C19H31F3N6O3/c1-6-23-15(26-13-11-28(12-13)16(29)31-17(2,3)4)25-8-7-18(30,19(20,21)22)14-24-9-10-27(14)5/h9-10,13,30H,6-8,11-12H2,1-5H3,(H2,23,25,26). The fourth-order valence-electron chi connectivity index (χ4n) is 3.03. The van der Waals surface area contributed by atoms with Crippen molar-refractivity contribution >= 4 is 12.1 Å². The average molecular weight is 448 g/mol. The van der Waals surface area contributed by atoms with Crippen LogP contribution in [-0.2, 0) is 17.4 Å². The van der Waals surface area contributed by atoms with Gasteiger partial charge in [0, 0.05) is 52.0 Å². The maximum atomic E-state index is 13.6. The van der Waals surface area contributed by atoms with Gasteiger partial charge in [-0.15, -0.1) is 0 Å². The number of aliphatic imine (C=N–C) groups is 1. The van der Waals surface area contributed by atoms with Crippen LogP contribution >= 0.6 is 0 Å². The van der Waals surface area contributed by atoms with Crippen LogP contribution in [0.5, 0.6) is 0 Å². The van der Waals surface area contributed by atoms with Crippen LogP contribution < -0.4 is 10.6 Å². The lowest BCUT2D eigenvalue weighted by Gasteiger charge is -2.40. The zero-order valence-electron chi connectivity index (χ0n) is 18.5. The van der Waals surface area contributed by atoms with E-state index in [-0.39, 0.29) is 12.6 Å². The SMILES string of the molecule is CCNC(=NCCC(O)(c1nccn1C)C(F)(F)F)NC1CN(C(=O)OC(C)(C)C)C1. The Morgan fingerprint density at radius 2 is 2.00 bits per heavy atom. The van der Waals surface area contributed by atoms with Crippen molar-refractivity contribution in [3.05, 3.63) is 18.2 Å². The molecule has 1 aliphatic rings. The van der Waals surface area contributed by atoms with E-state index in [2.05, 4.69) is 20.6 Å². The van der Waals surface area contributed by atoms with Crippen molar-refractivity contribution in [1.82, 2.24) is 25.1 Å². The minimum Gasteiger partial charge on any atom is -0.444 e. The molecule has 1 aromatic rings. The number of halogens is 3. The predicted octanol–water partition coefficient (Wildman–Crippen LogP) is 1.73. The first-order valence-corrected chi connectivity index (χ1v) is 10.1. The molecule has 0 radical (unpaired) electrons. The van der Waals surface area contributed by atoms with Gasteiger partial charge in [0.1, 0.15) is 11.4 Å². The number of ether oxygens (including phenoxy) is 1. The number of aromatic nitrogens is 2. The molecule has 1 saturated heterocycles. The Kier molecular flexibility index (Phi) is 7.45. The fourth-order valence-corrected chi connectivity index (χ4v) is 3.03. The Morgan fingerprint density at radius 3 is 2.48 bits per heavy atom. The van der Waals surface area contributed by atoms with Crippen molar-refractivity contribution in [2.24, 2.45) is 12.0 Å². The third-order valence-corrected chi connectivity index (χ3v) is 4.62. The molecule has 12 heteroatoms. The number of aryl methyl sites for hydroxylation is 1. The van der Waals surface area contributed by atoms with E-state index in [1.165, 1.54) is 24.3 Å². The second kappa shape index (κ2) is 9.33. The van der Waals surface area contributed by atoms with Gasteiger partial charge in [-0.25, -0.2) is 9.78 Å². The van der Waals surface area contributed by atoms with Crippen molar-refractivity contribution in [3.8, 4) is 0 Å². The molecule has 1 unspecified atom stereocenters. The highest BCUT2D eigenvalue weighted by Crippen LogP contribution is 2.40. The molecule has 2 heterocycles. The summed E-state index contributed by atoms with van der Waals surface area (Å²) in [6.07, 6.45) is -3.47. The number of nitrogens with one attached hydrogen (secondary N) is 2. The molecule has 3 N–H and O–H groups in total. The maximum absolute atomic E-state index is 13.6. The first-order chi connectivity index (χ1) is 14.3. The molecular weight excluding hydrogens is 417 g/mol. The van der Waals surface area contributed by atoms with Gasteiger partial charge in [0.15, 0.2) is 5.96 Å². The van der Waals surface area contributed by atoms with Gasteiger partial charge < -0.3 is 29.9 Å². The van der Waals surface area contributed by atoms with Crippen LogP contribution in [0.15, 0.2) is 17.4 Å². The van der Waals surface area contributed by atoms with E-state index < -0.39 is 35.7 Å². The topological polar surface area (TPSA) is 104 Å². The molecule has 9 nitrogen and oxygen atoms in total. The van der Waals surface area contributed by atoms with Crippen molar-refractivity contribution in [2.75, 3.05) is 26.2 Å². The van der Waals surface area contributed by atoms with E-state index in [4.69, 9.17) is 4.74 Å². The third kappa shape index (κ3) is 6.25. The van der Waals surface area contributed by atoms with E-state index in [1.807, 2.05) is 6.92 Å². The van der Waals surface area contributed by atoms with Crippen LogP contribution in [0.4, 0.5) is 18.0 Å². The number of imidazole rings is 1.